The van der Waals surface area contributed by atoms with Gasteiger partial charge in [0.2, 0.25) is 0 Å². The average Bonchev–Trinajstić information content (AvgIpc) is 2.93. The molecule has 0 bridgehead atoms. The number of hydrogen-bond donors (Lipinski definition) is 1. The van der Waals surface area contributed by atoms with Crippen molar-refractivity contribution in [2.75, 3.05) is 13.2 Å². The molecule has 0 radical (unpaired) electrons. The number of hydrogen-bond acceptors (Lipinski definition) is 3. The van der Waals surface area contributed by atoms with Crippen molar-refractivity contribution in [3.05, 3.63) is 29.3 Å². The molecule has 1 unspecified atom stereocenters. The molecule has 1 atom stereocenters. The lowest BCUT2D eigenvalue weighted by Crippen LogP contribution is -2.09. The Bertz CT molecular complexity index is 411. The van der Waals surface area contributed by atoms with Gasteiger partial charge in [-0.1, -0.05) is 18.9 Å². The number of ether oxygens (including phenoxy) is 2. The highest BCUT2D eigenvalue weighted by molar-refractivity contribution is 5.38. The molecule has 20 heavy (non-hydrogen) atoms. The molecular weight excluding hydrogens is 250 g/mol. The highest BCUT2D eigenvalue weighted by Gasteiger charge is 2.15. The summed E-state index contributed by atoms with van der Waals surface area (Å²) in [5, 5.41) is 0. The zero-order chi connectivity index (χ0) is 14.4. The topological polar surface area (TPSA) is 44.5 Å². The summed E-state index contributed by atoms with van der Waals surface area (Å²) >= 11 is 0. The van der Waals surface area contributed by atoms with Crippen LogP contribution in [0.3, 0.4) is 0 Å². The summed E-state index contributed by atoms with van der Waals surface area (Å²) in [5.41, 5.74) is 8.20. The Morgan fingerprint density at radius 2 is 2.05 bits per heavy atom. The van der Waals surface area contributed by atoms with Crippen molar-refractivity contribution in [3.63, 3.8) is 0 Å². The van der Waals surface area contributed by atoms with Gasteiger partial charge in [0.1, 0.15) is 5.75 Å². The standard InChI is InChI=1S/C17H27NO2/c1-3-20-17-9-8-15(13(2)18)10-16(17)12-19-11-14-6-4-5-7-14/h8-10,13-14H,3-7,11-12,18H2,1-2H3. The lowest BCUT2D eigenvalue weighted by molar-refractivity contribution is 0.0870. The van der Waals surface area contributed by atoms with Crippen LogP contribution in [0.4, 0.5) is 0 Å². The minimum atomic E-state index is 0.0410. The Labute approximate surface area is 122 Å². The van der Waals surface area contributed by atoms with Crippen LogP contribution in [0.25, 0.3) is 0 Å². The first-order valence-corrected chi connectivity index (χ1v) is 7.79. The van der Waals surface area contributed by atoms with Crippen LogP contribution < -0.4 is 10.5 Å². The van der Waals surface area contributed by atoms with Crippen molar-refractivity contribution in [1.82, 2.24) is 0 Å². The van der Waals surface area contributed by atoms with Gasteiger partial charge < -0.3 is 15.2 Å². The summed E-state index contributed by atoms with van der Waals surface area (Å²) in [5.74, 6) is 1.67. The Morgan fingerprint density at radius 1 is 1.30 bits per heavy atom. The van der Waals surface area contributed by atoms with E-state index in [-0.39, 0.29) is 6.04 Å². The molecule has 0 aliphatic heterocycles. The van der Waals surface area contributed by atoms with E-state index in [0.717, 1.165) is 29.4 Å². The normalized spacial score (nSPS) is 17.4. The Hall–Kier alpha value is -1.06. The van der Waals surface area contributed by atoms with Crippen molar-refractivity contribution >= 4 is 0 Å². The average molecular weight is 277 g/mol. The Morgan fingerprint density at radius 3 is 2.70 bits per heavy atom. The van der Waals surface area contributed by atoms with Crippen LogP contribution in [0.5, 0.6) is 5.75 Å². The van der Waals surface area contributed by atoms with Crippen molar-refractivity contribution in [2.45, 2.75) is 52.2 Å². The molecule has 0 spiro atoms. The zero-order valence-corrected chi connectivity index (χ0v) is 12.7. The fourth-order valence-corrected chi connectivity index (χ4v) is 2.80. The summed E-state index contributed by atoms with van der Waals surface area (Å²) in [4.78, 5) is 0. The molecule has 2 rings (SSSR count). The molecule has 1 aromatic rings. The minimum Gasteiger partial charge on any atom is -0.494 e. The SMILES string of the molecule is CCOc1ccc(C(C)N)cc1COCC1CCCC1. The van der Waals surface area contributed by atoms with Gasteiger partial charge in [0, 0.05) is 18.2 Å². The van der Waals surface area contributed by atoms with Gasteiger partial charge in [-0.3, -0.25) is 0 Å². The summed E-state index contributed by atoms with van der Waals surface area (Å²) in [6.45, 7) is 6.16. The Kier molecular flexibility index (Phi) is 5.86. The lowest BCUT2D eigenvalue weighted by atomic mass is 10.1. The van der Waals surface area contributed by atoms with Crippen LogP contribution >= 0.6 is 0 Å². The fraction of sp³-hybridized carbons (Fsp3) is 0.647. The molecule has 1 aliphatic rings. The molecule has 1 aromatic carbocycles. The molecule has 1 aliphatic carbocycles. The van der Waals surface area contributed by atoms with Gasteiger partial charge in [-0.15, -0.1) is 0 Å². The van der Waals surface area contributed by atoms with E-state index in [9.17, 15) is 0 Å². The summed E-state index contributed by atoms with van der Waals surface area (Å²) in [6.07, 6.45) is 5.35. The number of nitrogens with two attached hydrogens (primary N) is 1. The van der Waals surface area contributed by atoms with Crippen molar-refractivity contribution in [1.29, 1.82) is 0 Å². The van der Waals surface area contributed by atoms with E-state index in [0.29, 0.717) is 13.2 Å². The smallest absolute Gasteiger partial charge is 0.124 e. The molecule has 2 N–H and O–H groups in total. The van der Waals surface area contributed by atoms with Crippen LogP contribution in [-0.2, 0) is 11.3 Å². The highest BCUT2D eigenvalue weighted by Crippen LogP contribution is 2.27. The first kappa shape index (κ1) is 15.3. The maximum absolute atomic E-state index is 5.95. The number of benzene rings is 1. The second kappa shape index (κ2) is 7.65. The van der Waals surface area contributed by atoms with Crippen LogP contribution in [0.2, 0.25) is 0 Å². The van der Waals surface area contributed by atoms with Gasteiger partial charge in [-0.25, -0.2) is 0 Å². The van der Waals surface area contributed by atoms with Crippen molar-refractivity contribution < 1.29 is 9.47 Å². The molecule has 0 saturated heterocycles. The van der Waals surface area contributed by atoms with Gasteiger partial charge in [-0.2, -0.15) is 0 Å². The van der Waals surface area contributed by atoms with Gasteiger partial charge in [0.15, 0.2) is 0 Å². The quantitative estimate of drug-likeness (QED) is 0.824. The van der Waals surface area contributed by atoms with Gasteiger partial charge in [0.05, 0.1) is 13.2 Å². The lowest BCUT2D eigenvalue weighted by Gasteiger charge is -2.15. The molecule has 0 heterocycles. The summed E-state index contributed by atoms with van der Waals surface area (Å²) in [6, 6.07) is 6.20. The van der Waals surface area contributed by atoms with E-state index in [1.54, 1.807) is 0 Å². The maximum atomic E-state index is 5.95. The second-order valence-electron chi connectivity index (χ2n) is 5.75. The van der Waals surface area contributed by atoms with Crippen LogP contribution in [0.1, 0.15) is 56.7 Å². The molecular formula is C17H27NO2. The Balaban J connectivity index is 1.96. The molecule has 1 fully saturated rings. The van der Waals surface area contributed by atoms with E-state index in [4.69, 9.17) is 15.2 Å². The third-order valence-corrected chi connectivity index (χ3v) is 4.00. The first-order valence-electron chi connectivity index (χ1n) is 7.79. The monoisotopic (exact) mass is 277 g/mol. The predicted octanol–water partition coefficient (Wildman–Crippen LogP) is 3.81. The molecule has 3 heteroatoms. The second-order valence-corrected chi connectivity index (χ2v) is 5.75. The van der Waals surface area contributed by atoms with Crippen LogP contribution in [0.15, 0.2) is 18.2 Å². The van der Waals surface area contributed by atoms with E-state index in [2.05, 4.69) is 6.07 Å². The number of rotatable bonds is 7. The summed E-state index contributed by atoms with van der Waals surface area (Å²) < 4.78 is 11.6. The van der Waals surface area contributed by atoms with Gasteiger partial charge >= 0.3 is 0 Å². The highest BCUT2D eigenvalue weighted by atomic mass is 16.5. The van der Waals surface area contributed by atoms with Crippen LogP contribution in [-0.4, -0.2) is 13.2 Å². The van der Waals surface area contributed by atoms with E-state index in [1.807, 2.05) is 26.0 Å². The fourth-order valence-electron chi connectivity index (χ4n) is 2.80. The maximum Gasteiger partial charge on any atom is 0.124 e. The third kappa shape index (κ3) is 4.22. The van der Waals surface area contributed by atoms with Gasteiger partial charge in [0.25, 0.3) is 0 Å². The van der Waals surface area contributed by atoms with E-state index < -0.39 is 0 Å². The zero-order valence-electron chi connectivity index (χ0n) is 12.7. The molecule has 3 nitrogen and oxygen atoms in total. The van der Waals surface area contributed by atoms with Crippen molar-refractivity contribution in [3.8, 4) is 5.75 Å². The van der Waals surface area contributed by atoms with Gasteiger partial charge in [-0.05, 0) is 50.3 Å². The predicted molar refractivity (Wildman–Crippen MR) is 81.8 cm³/mol. The van der Waals surface area contributed by atoms with Crippen LogP contribution in [0, 0.1) is 5.92 Å². The van der Waals surface area contributed by atoms with E-state index in [1.165, 1.54) is 25.7 Å². The first-order chi connectivity index (χ1) is 9.70. The molecule has 0 amide bonds. The summed E-state index contributed by atoms with van der Waals surface area (Å²) in [7, 11) is 0. The van der Waals surface area contributed by atoms with Crippen molar-refractivity contribution in [2.24, 2.45) is 11.7 Å². The molecule has 1 saturated carbocycles. The third-order valence-electron chi connectivity index (χ3n) is 4.00. The molecule has 112 valence electrons. The minimum absolute atomic E-state index is 0.0410. The van der Waals surface area contributed by atoms with E-state index >= 15 is 0 Å². The largest absolute Gasteiger partial charge is 0.494 e. The molecule has 0 aromatic heterocycles.